The van der Waals surface area contributed by atoms with E-state index in [2.05, 4.69) is 0 Å². The molecule has 0 saturated heterocycles. The Labute approximate surface area is 98.5 Å². The van der Waals surface area contributed by atoms with Crippen LogP contribution in [0, 0.1) is 5.82 Å². The van der Waals surface area contributed by atoms with Crippen LogP contribution in [0.4, 0.5) is 4.39 Å². The molecule has 0 unspecified atom stereocenters. The van der Waals surface area contributed by atoms with Gasteiger partial charge in [-0.05, 0) is 31.2 Å². The average Bonchev–Trinajstić information content (AvgIpc) is 2.27. The minimum absolute atomic E-state index is 0.244. The molecule has 0 atom stereocenters. The number of thioether (sulfide) groups is 1. The Kier molecular flexibility index (Phi) is 5.64. The molecule has 0 fully saturated rings. The van der Waals surface area contributed by atoms with E-state index in [0.717, 1.165) is 4.90 Å². The molecule has 1 aromatic carbocycles. The largest absolute Gasteiger partial charge is 0.463 e. The molecule has 0 aliphatic rings. The molecule has 0 aliphatic heterocycles. The van der Waals surface area contributed by atoms with Crippen LogP contribution in [0.25, 0.3) is 0 Å². The van der Waals surface area contributed by atoms with Crippen LogP contribution in [0.1, 0.15) is 6.92 Å². The van der Waals surface area contributed by atoms with Crippen LogP contribution in [0.5, 0.6) is 0 Å². The van der Waals surface area contributed by atoms with Crippen molar-refractivity contribution in [3.8, 4) is 0 Å². The van der Waals surface area contributed by atoms with Crippen molar-refractivity contribution in [3.05, 3.63) is 42.2 Å². The molecule has 0 heterocycles. The van der Waals surface area contributed by atoms with E-state index in [-0.39, 0.29) is 11.8 Å². The summed E-state index contributed by atoms with van der Waals surface area (Å²) >= 11 is 1.53. The van der Waals surface area contributed by atoms with Crippen LogP contribution in [-0.2, 0) is 9.53 Å². The maximum absolute atomic E-state index is 12.6. The standard InChI is InChI=1S/C12H13FO2S/c1-2-15-12(14)4-3-9-16-11-7-5-10(13)6-8-11/h3-8H,2,9H2,1H3/b4-3+. The zero-order chi connectivity index (χ0) is 11.8. The highest BCUT2D eigenvalue weighted by Gasteiger charge is 1.94. The fourth-order valence-electron chi connectivity index (χ4n) is 1.01. The van der Waals surface area contributed by atoms with Gasteiger partial charge >= 0.3 is 5.97 Å². The predicted octanol–water partition coefficient (Wildman–Crippen LogP) is 3.04. The Morgan fingerprint density at radius 2 is 2.12 bits per heavy atom. The van der Waals surface area contributed by atoms with E-state index in [9.17, 15) is 9.18 Å². The lowest BCUT2D eigenvalue weighted by Crippen LogP contribution is -1.98. The number of esters is 1. The minimum atomic E-state index is -0.331. The quantitative estimate of drug-likeness (QED) is 0.449. The third-order valence-corrected chi connectivity index (χ3v) is 2.67. The summed E-state index contributed by atoms with van der Waals surface area (Å²) in [6, 6.07) is 6.24. The smallest absolute Gasteiger partial charge is 0.330 e. The molecule has 0 amide bonds. The van der Waals surface area contributed by atoms with E-state index in [1.165, 1.54) is 30.0 Å². The molecule has 0 N–H and O–H groups in total. The van der Waals surface area contributed by atoms with Crippen molar-refractivity contribution < 1.29 is 13.9 Å². The summed E-state index contributed by atoms with van der Waals surface area (Å²) in [6.07, 6.45) is 3.13. The Hall–Kier alpha value is -1.29. The fourth-order valence-corrected chi connectivity index (χ4v) is 1.72. The number of ether oxygens (including phenoxy) is 1. The number of carbonyl (C=O) groups excluding carboxylic acids is 1. The third-order valence-electron chi connectivity index (χ3n) is 1.70. The van der Waals surface area contributed by atoms with Crippen LogP contribution < -0.4 is 0 Å². The summed E-state index contributed by atoms with van der Waals surface area (Å²) in [5.41, 5.74) is 0. The first-order valence-corrected chi connectivity index (χ1v) is 5.92. The minimum Gasteiger partial charge on any atom is -0.463 e. The van der Waals surface area contributed by atoms with Crippen LogP contribution in [-0.4, -0.2) is 18.3 Å². The van der Waals surface area contributed by atoms with Crippen molar-refractivity contribution >= 4 is 17.7 Å². The van der Waals surface area contributed by atoms with Crippen molar-refractivity contribution in [1.82, 2.24) is 0 Å². The number of hydrogen-bond donors (Lipinski definition) is 0. The molecule has 2 nitrogen and oxygen atoms in total. The van der Waals surface area contributed by atoms with E-state index in [4.69, 9.17) is 4.74 Å². The average molecular weight is 240 g/mol. The monoisotopic (exact) mass is 240 g/mol. The van der Waals surface area contributed by atoms with Crippen LogP contribution >= 0.6 is 11.8 Å². The van der Waals surface area contributed by atoms with Gasteiger partial charge in [-0.15, -0.1) is 11.8 Å². The van der Waals surface area contributed by atoms with Gasteiger partial charge in [-0.2, -0.15) is 0 Å². The lowest BCUT2D eigenvalue weighted by Gasteiger charge is -1.97. The van der Waals surface area contributed by atoms with Crippen molar-refractivity contribution in [2.24, 2.45) is 0 Å². The first-order chi connectivity index (χ1) is 7.72. The van der Waals surface area contributed by atoms with Gasteiger partial charge in [0, 0.05) is 16.7 Å². The highest BCUT2D eigenvalue weighted by atomic mass is 32.2. The first kappa shape index (κ1) is 12.8. The molecule has 1 rings (SSSR count). The predicted molar refractivity (Wildman–Crippen MR) is 62.9 cm³/mol. The summed E-state index contributed by atoms with van der Waals surface area (Å²) < 4.78 is 17.3. The molecule has 4 heteroatoms. The van der Waals surface area contributed by atoms with Gasteiger partial charge in [-0.25, -0.2) is 9.18 Å². The molecular formula is C12H13FO2S. The van der Waals surface area contributed by atoms with E-state index in [1.54, 1.807) is 25.1 Å². The second-order valence-electron chi connectivity index (χ2n) is 2.92. The van der Waals surface area contributed by atoms with Gasteiger partial charge in [-0.1, -0.05) is 6.08 Å². The highest BCUT2D eigenvalue weighted by molar-refractivity contribution is 7.99. The van der Waals surface area contributed by atoms with E-state index in [0.29, 0.717) is 12.4 Å². The first-order valence-electron chi connectivity index (χ1n) is 4.94. The third kappa shape index (κ3) is 4.98. The van der Waals surface area contributed by atoms with Crippen LogP contribution in [0.15, 0.2) is 41.3 Å². The lowest BCUT2D eigenvalue weighted by molar-refractivity contribution is -0.137. The van der Waals surface area contributed by atoms with E-state index >= 15 is 0 Å². The maximum atomic E-state index is 12.6. The van der Waals surface area contributed by atoms with E-state index in [1.807, 2.05) is 0 Å². The number of carbonyl (C=O) groups is 1. The van der Waals surface area contributed by atoms with E-state index < -0.39 is 0 Å². The van der Waals surface area contributed by atoms with Gasteiger partial charge < -0.3 is 4.74 Å². The highest BCUT2D eigenvalue weighted by Crippen LogP contribution is 2.17. The number of hydrogen-bond acceptors (Lipinski definition) is 3. The molecule has 0 saturated carbocycles. The number of benzene rings is 1. The molecule has 16 heavy (non-hydrogen) atoms. The Bertz CT molecular complexity index is 360. The maximum Gasteiger partial charge on any atom is 0.330 e. The Morgan fingerprint density at radius 3 is 2.75 bits per heavy atom. The zero-order valence-electron chi connectivity index (χ0n) is 8.98. The normalized spacial score (nSPS) is 10.6. The lowest BCUT2D eigenvalue weighted by atomic mass is 10.4. The second-order valence-corrected chi connectivity index (χ2v) is 4.01. The SMILES string of the molecule is CCOC(=O)/C=C/CSc1ccc(F)cc1. The van der Waals surface area contributed by atoms with Gasteiger partial charge in [0.05, 0.1) is 6.61 Å². The molecule has 0 spiro atoms. The van der Waals surface area contributed by atoms with Crippen LogP contribution in [0.3, 0.4) is 0 Å². The molecule has 0 aromatic heterocycles. The van der Waals surface area contributed by atoms with Gasteiger partial charge in [-0.3, -0.25) is 0 Å². The molecule has 0 radical (unpaired) electrons. The number of halogens is 1. The summed E-state index contributed by atoms with van der Waals surface area (Å²) in [5, 5.41) is 0. The molecular weight excluding hydrogens is 227 g/mol. The summed E-state index contributed by atoms with van der Waals surface area (Å²) in [6.45, 7) is 2.15. The van der Waals surface area contributed by atoms with Crippen molar-refractivity contribution in [2.45, 2.75) is 11.8 Å². The van der Waals surface area contributed by atoms with Crippen molar-refractivity contribution in [3.63, 3.8) is 0 Å². The molecule has 86 valence electrons. The number of rotatable bonds is 5. The Balaban J connectivity index is 2.30. The summed E-state index contributed by atoms with van der Waals surface area (Å²) in [5.74, 6) is 0.0818. The van der Waals surface area contributed by atoms with Gasteiger partial charge in [0.1, 0.15) is 5.82 Å². The van der Waals surface area contributed by atoms with Gasteiger partial charge in [0.2, 0.25) is 0 Å². The summed E-state index contributed by atoms with van der Waals surface area (Å²) in [4.78, 5) is 11.9. The second kappa shape index (κ2) is 7.06. The Morgan fingerprint density at radius 1 is 1.44 bits per heavy atom. The molecule has 0 bridgehead atoms. The molecule has 0 aliphatic carbocycles. The van der Waals surface area contributed by atoms with Crippen molar-refractivity contribution in [1.29, 1.82) is 0 Å². The van der Waals surface area contributed by atoms with Crippen molar-refractivity contribution in [2.75, 3.05) is 12.4 Å². The summed E-state index contributed by atoms with van der Waals surface area (Å²) in [7, 11) is 0. The fraction of sp³-hybridized carbons (Fsp3) is 0.250. The topological polar surface area (TPSA) is 26.3 Å². The van der Waals surface area contributed by atoms with Crippen LogP contribution in [0.2, 0.25) is 0 Å². The van der Waals surface area contributed by atoms with Gasteiger partial charge in [0.15, 0.2) is 0 Å². The molecule has 1 aromatic rings. The zero-order valence-corrected chi connectivity index (χ0v) is 9.80. The van der Waals surface area contributed by atoms with Gasteiger partial charge in [0.25, 0.3) is 0 Å².